The van der Waals surface area contributed by atoms with Crippen molar-refractivity contribution in [3.8, 4) is 0 Å². The van der Waals surface area contributed by atoms with E-state index < -0.39 is 6.10 Å². The smallest absolute Gasteiger partial charge is 0.144 e. The quantitative estimate of drug-likeness (QED) is 0.771. The maximum Gasteiger partial charge on any atom is 0.144 e. The van der Waals surface area contributed by atoms with Crippen LogP contribution in [0.5, 0.6) is 0 Å². The van der Waals surface area contributed by atoms with Crippen molar-refractivity contribution in [2.75, 3.05) is 12.5 Å². The molecule has 1 aromatic carbocycles. The zero-order chi connectivity index (χ0) is 10.7. The standard InChI is InChI=1S/C9H10ClN3O2/c10-5-7(14)6-15-13-9-4-2-1-3-8(9)11-12-13/h1-4,7,14H,5-6H2. The molecular formula is C9H10ClN3O2. The fraction of sp³-hybridized carbons (Fsp3) is 0.333. The molecule has 5 nitrogen and oxygen atoms in total. The summed E-state index contributed by atoms with van der Waals surface area (Å²) in [5.74, 6) is 0.132. The Morgan fingerprint density at radius 1 is 1.47 bits per heavy atom. The molecule has 0 saturated carbocycles. The molecule has 1 aromatic heterocycles. The number of fused-ring (bicyclic) bond motifs is 1. The van der Waals surface area contributed by atoms with Crippen LogP contribution in [0, 0.1) is 0 Å². The van der Waals surface area contributed by atoms with E-state index in [0.29, 0.717) is 0 Å². The van der Waals surface area contributed by atoms with Crippen molar-refractivity contribution in [2.45, 2.75) is 6.10 Å². The Kier molecular flexibility index (Phi) is 3.03. The Hall–Kier alpha value is -1.33. The van der Waals surface area contributed by atoms with Crippen LogP contribution in [0.3, 0.4) is 0 Å². The van der Waals surface area contributed by atoms with Crippen LogP contribution in [-0.2, 0) is 0 Å². The Morgan fingerprint density at radius 3 is 3.07 bits per heavy atom. The largest absolute Gasteiger partial charge is 0.392 e. The Bertz CT molecular complexity index is 446. The van der Waals surface area contributed by atoms with Gasteiger partial charge in [0.05, 0.1) is 5.88 Å². The predicted octanol–water partition coefficient (Wildman–Crippen LogP) is 0.460. The highest BCUT2D eigenvalue weighted by atomic mass is 35.5. The number of rotatable bonds is 4. The minimum atomic E-state index is -0.699. The molecule has 1 N–H and O–H groups in total. The fourth-order valence-corrected chi connectivity index (χ4v) is 1.23. The van der Waals surface area contributed by atoms with Crippen LogP contribution in [0.4, 0.5) is 0 Å². The molecule has 0 aliphatic carbocycles. The van der Waals surface area contributed by atoms with E-state index >= 15 is 0 Å². The molecule has 6 heteroatoms. The van der Waals surface area contributed by atoms with Crippen LogP contribution < -0.4 is 4.84 Å². The highest BCUT2D eigenvalue weighted by Gasteiger charge is 2.07. The molecule has 0 aliphatic rings. The van der Waals surface area contributed by atoms with E-state index in [0.717, 1.165) is 11.0 Å². The summed E-state index contributed by atoms with van der Waals surface area (Å²) < 4.78 is 0. The highest BCUT2D eigenvalue weighted by molar-refractivity contribution is 6.18. The summed E-state index contributed by atoms with van der Waals surface area (Å²) >= 11 is 5.44. The Balaban J connectivity index is 2.14. The van der Waals surface area contributed by atoms with Gasteiger partial charge in [0.15, 0.2) is 0 Å². The molecular weight excluding hydrogens is 218 g/mol. The van der Waals surface area contributed by atoms with Crippen molar-refractivity contribution < 1.29 is 9.94 Å². The number of benzene rings is 1. The average Bonchev–Trinajstić information content (AvgIpc) is 2.69. The molecule has 15 heavy (non-hydrogen) atoms. The first-order valence-electron chi connectivity index (χ1n) is 4.49. The number of hydrogen-bond acceptors (Lipinski definition) is 4. The topological polar surface area (TPSA) is 60.2 Å². The summed E-state index contributed by atoms with van der Waals surface area (Å²) in [4.78, 5) is 6.50. The highest BCUT2D eigenvalue weighted by Crippen LogP contribution is 2.07. The Morgan fingerprint density at radius 2 is 2.27 bits per heavy atom. The summed E-state index contributed by atoms with van der Waals surface area (Å²) in [6.45, 7) is 0.0941. The first-order valence-corrected chi connectivity index (χ1v) is 5.02. The third kappa shape index (κ3) is 2.19. The van der Waals surface area contributed by atoms with Crippen molar-refractivity contribution in [3.05, 3.63) is 24.3 Å². The number of nitrogens with zero attached hydrogens (tertiary/aromatic N) is 3. The average molecular weight is 228 g/mol. The number of aliphatic hydroxyl groups excluding tert-OH is 1. The van der Waals surface area contributed by atoms with Gasteiger partial charge in [-0.25, -0.2) is 0 Å². The van der Waals surface area contributed by atoms with E-state index in [4.69, 9.17) is 16.4 Å². The lowest BCUT2D eigenvalue weighted by atomic mass is 10.3. The maximum atomic E-state index is 9.21. The van der Waals surface area contributed by atoms with Crippen LogP contribution in [-0.4, -0.2) is 38.9 Å². The molecule has 0 amide bonds. The van der Waals surface area contributed by atoms with Gasteiger partial charge in [0.2, 0.25) is 0 Å². The molecule has 0 radical (unpaired) electrons. The zero-order valence-electron chi connectivity index (χ0n) is 7.88. The zero-order valence-corrected chi connectivity index (χ0v) is 8.63. The first kappa shape index (κ1) is 10.2. The monoisotopic (exact) mass is 227 g/mol. The number of aromatic nitrogens is 3. The summed E-state index contributed by atoms with van der Waals surface area (Å²) in [7, 11) is 0. The molecule has 0 saturated heterocycles. The third-order valence-electron chi connectivity index (χ3n) is 1.89. The number of aliphatic hydroxyl groups is 1. The van der Waals surface area contributed by atoms with Gasteiger partial charge in [-0.2, -0.15) is 0 Å². The van der Waals surface area contributed by atoms with Crippen molar-refractivity contribution in [1.29, 1.82) is 0 Å². The van der Waals surface area contributed by atoms with Crippen LogP contribution in [0.25, 0.3) is 11.0 Å². The number of hydrogen-bond donors (Lipinski definition) is 1. The van der Waals surface area contributed by atoms with Gasteiger partial charge in [-0.1, -0.05) is 17.0 Å². The first-order chi connectivity index (χ1) is 7.31. The molecule has 1 unspecified atom stereocenters. The summed E-state index contributed by atoms with van der Waals surface area (Å²) in [6.07, 6.45) is -0.699. The predicted molar refractivity (Wildman–Crippen MR) is 55.7 cm³/mol. The maximum absolute atomic E-state index is 9.21. The molecule has 1 atom stereocenters. The summed E-state index contributed by atoms with van der Waals surface area (Å²) in [5, 5.41) is 16.9. The van der Waals surface area contributed by atoms with Gasteiger partial charge in [0.25, 0.3) is 0 Å². The van der Waals surface area contributed by atoms with Gasteiger partial charge in [0, 0.05) is 0 Å². The molecule has 2 rings (SSSR count). The summed E-state index contributed by atoms with van der Waals surface area (Å²) in [6, 6.07) is 7.40. The normalized spacial score (nSPS) is 12.9. The molecule has 0 fully saturated rings. The van der Waals surface area contributed by atoms with E-state index in [1.54, 1.807) is 0 Å². The second-order valence-corrected chi connectivity index (χ2v) is 3.36. The van der Waals surface area contributed by atoms with Gasteiger partial charge >= 0.3 is 0 Å². The number of alkyl halides is 1. The van der Waals surface area contributed by atoms with Crippen LogP contribution in [0.15, 0.2) is 24.3 Å². The minimum Gasteiger partial charge on any atom is -0.392 e. The minimum absolute atomic E-state index is 0.0941. The van der Waals surface area contributed by atoms with Gasteiger partial charge in [-0.05, 0) is 17.3 Å². The van der Waals surface area contributed by atoms with Crippen molar-refractivity contribution >= 4 is 22.6 Å². The second kappa shape index (κ2) is 4.46. The fourth-order valence-electron chi connectivity index (χ4n) is 1.14. The van der Waals surface area contributed by atoms with E-state index in [1.165, 1.54) is 4.85 Å². The number of halogens is 1. The van der Waals surface area contributed by atoms with Gasteiger partial charge in [-0.15, -0.1) is 16.7 Å². The number of para-hydroxylation sites is 1. The molecule has 2 aromatic rings. The lowest BCUT2D eigenvalue weighted by molar-refractivity contribution is 0.0235. The van der Waals surface area contributed by atoms with Crippen molar-refractivity contribution in [3.63, 3.8) is 0 Å². The molecule has 0 spiro atoms. The SMILES string of the molecule is OC(CCl)COn1nnc2ccccc21. The second-order valence-electron chi connectivity index (χ2n) is 3.05. The van der Waals surface area contributed by atoms with E-state index in [2.05, 4.69) is 10.3 Å². The van der Waals surface area contributed by atoms with E-state index in [1.807, 2.05) is 24.3 Å². The lowest BCUT2D eigenvalue weighted by Crippen LogP contribution is -2.25. The third-order valence-corrected chi connectivity index (χ3v) is 2.25. The van der Waals surface area contributed by atoms with Gasteiger partial charge in [-0.3, -0.25) is 0 Å². The lowest BCUT2D eigenvalue weighted by Gasteiger charge is -2.08. The molecule has 80 valence electrons. The van der Waals surface area contributed by atoms with Crippen molar-refractivity contribution in [2.24, 2.45) is 0 Å². The van der Waals surface area contributed by atoms with Gasteiger partial charge in [0.1, 0.15) is 23.7 Å². The Labute approximate surface area is 91.2 Å². The molecule has 0 bridgehead atoms. The van der Waals surface area contributed by atoms with E-state index in [-0.39, 0.29) is 12.5 Å². The van der Waals surface area contributed by atoms with E-state index in [9.17, 15) is 5.11 Å². The van der Waals surface area contributed by atoms with Crippen LogP contribution in [0.1, 0.15) is 0 Å². The summed E-state index contributed by atoms with van der Waals surface area (Å²) in [5.41, 5.74) is 1.51. The van der Waals surface area contributed by atoms with Crippen molar-refractivity contribution in [1.82, 2.24) is 15.2 Å². The van der Waals surface area contributed by atoms with Gasteiger partial charge < -0.3 is 9.94 Å². The molecule has 1 heterocycles. The molecule has 0 aliphatic heterocycles. The van der Waals surface area contributed by atoms with Crippen LogP contribution >= 0.6 is 11.6 Å². The van der Waals surface area contributed by atoms with Crippen LogP contribution in [0.2, 0.25) is 0 Å².